The van der Waals surface area contributed by atoms with Crippen molar-refractivity contribution >= 4 is 6.08 Å². The molecule has 1 N–H and O–H groups in total. The normalized spacial score (nSPS) is 10.7. The molecule has 0 saturated heterocycles. The summed E-state index contributed by atoms with van der Waals surface area (Å²) in [7, 11) is 0. The highest BCUT2D eigenvalue weighted by Gasteiger charge is 1.95. The Bertz CT molecular complexity index is 509. The number of aliphatic hydroxyl groups is 1. The third-order valence-corrected chi connectivity index (χ3v) is 2.41. The van der Waals surface area contributed by atoms with E-state index in [2.05, 4.69) is 4.98 Å². The maximum absolute atomic E-state index is 8.95. The summed E-state index contributed by atoms with van der Waals surface area (Å²) in [5.74, 6) is 0.715. The Hall–Kier alpha value is -2.13. The van der Waals surface area contributed by atoms with Crippen LogP contribution in [0.5, 0.6) is 5.75 Å². The summed E-state index contributed by atoms with van der Waals surface area (Å²) >= 11 is 0. The molecule has 1 heterocycles. The van der Waals surface area contributed by atoms with Crippen molar-refractivity contribution in [3.05, 3.63) is 66.0 Å². The summed E-state index contributed by atoms with van der Waals surface area (Å²) in [5, 5.41) is 8.95. The van der Waals surface area contributed by atoms with Gasteiger partial charge in [0.25, 0.3) is 0 Å². The van der Waals surface area contributed by atoms with Gasteiger partial charge in [-0.3, -0.25) is 4.98 Å². The highest BCUT2D eigenvalue weighted by Crippen LogP contribution is 2.11. The average Bonchev–Trinajstić information content (AvgIpc) is 2.45. The number of rotatable bonds is 5. The maximum Gasteiger partial charge on any atom is 0.123 e. The van der Waals surface area contributed by atoms with Gasteiger partial charge in [-0.2, -0.15) is 0 Å². The monoisotopic (exact) mass is 241 g/mol. The second-order valence-electron chi connectivity index (χ2n) is 3.77. The van der Waals surface area contributed by atoms with Crippen LogP contribution < -0.4 is 4.74 Å². The smallest absolute Gasteiger partial charge is 0.123 e. The van der Waals surface area contributed by atoms with Gasteiger partial charge in [0.2, 0.25) is 0 Å². The van der Waals surface area contributed by atoms with Crippen LogP contribution >= 0.6 is 0 Å². The van der Waals surface area contributed by atoms with Crippen molar-refractivity contribution < 1.29 is 9.84 Å². The van der Waals surface area contributed by atoms with E-state index in [9.17, 15) is 0 Å². The molecule has 92 valence electrons. The van der Waals surface area contributed by atoms with E-state index >= 15 is 0 Å². The SMILES string of the molecule is OCc1cc(OCC=Cc2ccccc2)ccn1. The summed E-state index contributed by atoms with van der Waals surface area (Å²) in [6, 6.07) is 13.6. The van der Waals surface area contributed by atoms with Gasteiger partial charge in [0.15, 0.2) is 0 Å². The Balaban J connectivity index is 1.86. The minimum atomic E-state index is -0.0724. The van der Waals surface area contributed by atoms with Crippen molar-refractivity contribution in [1.82, 2.24) is 4.98 Å². The van der Waals surface area contributed by atoms with Crippen LogP contribution in [0.25, 0.3) is 6.08 Å². The second-order valence-corrected chi connectivity index (χ2v) is 3.77. The first kappa shape index (κ1) is 12.3. The number of hydrogen-bond donors (Lipinski definition) is 1. The molecular formula is C15H15NO2. The van der Waals surface area contributed by atoms with Crippen LogP contribution in [-0.2, 0) is 6.61 Å². The van der Waals surface area contributed by atoms with Gasteiger partial charge in [0, 0.05) is 12.3 Å². The Labute approximate surface area is 106 Å². The molecule has 0 bridgehead atoms. The molecule has 2 rings (SSSR count). The Morgan fingerprint density at radius 3 is 2.78 bits per heavy atom. The van der Waals surface area contributed by atoms with Gasteiger partial charge in [-0.15, -0.1) is 0 Å². The van der Waals surface area contributed by atoms with Gasteiger partial charge in [0.1, 0.15) is 12.4 Å². The van der Waals surface area contributed by atoms with Gasteiger partial charge in [0.05, 0.1) is 12.3 Å². The first-order valence-corrected chi connectivity index (χ1v) is 5.78. The Morgan fingerprint density at radius 1 is 1.17 bits per heavy atom. The molecule has 0 aliphatic heterocycles. The molecule has 3 heteroatoms. The number of pyridine rings is 1. The van der Waals surface area contributed by atoms with Crippen LogP contribution in [0.2, 0.25) is 0 Å². The molecule has 0 aliphatic carbocycles. The summed E-state index contributed by atoms with van der Waals surface area (Å²) in [6.45, 7) is 0.417. The van der Waals surface area contributed by atoms with E-state index in [0.29, 0.717) is 18.1 Å². The second kappa shape index (κ2) is 6.57. The van der Waals surface area contributed by atoms with Crippen molar-refractivity contribution in [2.45, 2.75) is 6.61 Å². The van der Waals surface area contributed by atoms with Crippen LogP contribution in [0, 0.1) is 0 Å². The lowest BCUT2D eigenvalue weighted by Gasteiger charge is -2.03. The molecule has 0 spiro atoms. The van der Waals surface area contributed by atoms with Crippen LogP contribution in [0.15, 0.2) is 54.7 Å². The lowest BCUT2D eigenvalue weighted by Crippen LogP contribution is -1.95. The van der Waals surface area contributed by atoms with Gasteiger partial charge in [-0.1, -0.05) is 36.4 Å². The number of hydrogen-bond acceptors (Lipinski definition) is 3. The first-order valence-electron chi connectivity index (χ1n) is 5.78. The van der Waals surface area contributed by atoms with Crippen LogP contribution in [0.3, 0.4) is 0 Å². The molecule has 0 unspecified atom stereocenters. The zero-order valence-electron chi connectivity index (χ0n) is 9.99. The molecule has 1 aromatic carbocycles. The molecule has 0 aliphatic rings. The van der Waals surface area contributed by atoms with Crippen LogP contribution in [0.1, 0.15) is 11.3 Å². The number of aliphatic hydroxyl groups excluding tert-OH is 1. The minimum Gasteiger partial charge on any atom is -0.489 e. The predicted octanol–water partition coefficient (Wildman–Crippen LogP) is 2.67. The van der Waals surface area contributed by atoms with Crippen molar-refractivity contribution in [3.8, 4) is 5.75 Å². The molecule has 0 amide bonds. The number of nitrogens with zero attached hydrogens (tertiary/aromatic N) is 1. The van der Waals surface area contributed by atoms with Crippen molar-refractivity contribution in [1.29, 1.82) is 0 Å². The molecular weight excluding hydrogens is 226 g/mol. The molecule has 1 aromatic heterocycles. The van der Waals surface area contributed by atoms with Gasteiger partial charge in [-0.05, 0) is 17.7 Å². The fourth-order valence-corrected chi connectivity index (χ4v) is 1.52. The fourth-order valence-electron chi connectivity index (χ4n) is 1.52. The first-order chi connectivity index (χ1) is 8.88. The fraction of sp³-hybridized carbons (Fsp3) is 0.133. The Kier molecular flexibility index (Phi) is 4.50. The molecule has 2 aromatic rings. The highest BCUT2D eigenvalue weighted by atomic mass is 16.5. The minimum absolute atomic E-state index is 0.0724. The summed E-state index contributed by atoms with van der Waals surface area (Å²) in [6.07, 6.45) is 5.59. The molecule has 3 nitrogen and oxygen atoms in total. The van der Waals surface area contributed by atoms with Crippen molar-refractivity contribution in [2.24, 2.45) is 0 Å². The van der Waals surface area contributed by atoms with E-state index in [1.165, 1.54) is 0 Å². The summed E-state index contributed by atoms with van der Waals surface area (Å²) in [5.41, 5.74) is 1.76. The predicted molar refractivity (Wildman–Crippen MR) is 71.1 cm³/mol. The number of aromatic nitrogens is 1. The molecule has 0 saturated carbocycles. The van der Waals surface area contributed by atoms with E-state index in [1.54, 1.807) is 18.3 Å². The average molecular weight is 241 g/mol. The number of ether oxygens (including phenoxy) is 1. The third-order valence-electron chi connectivity index (χ3n) is 2.41. The van der Waals surface area contributed by atoms with E-state index in [4.69, 9.17) is 9.84 Å². The zero-order chi connectivity index (χ0) is 12.6. The highest BCUT2D eigenvalue weighted by molar-refractivity contribution is 5.48. The third kappa shape index (κ3) is 3.71. The van der Waals surface area contributed by atoms with Gasteiger partial charge in [-0.25, -0.2) is 0 Å². The topological polar surface area (TPSA) is 42.4 Å². The summed E-state index contributed by atoms with van der Waals surface area (Å²) < 4.78 is 5.53. The van der Waals surface area contributed by atoms with Crippen LogP contribution in [0.4, 0.5) is 0 Å². The van der Waals surface area contributed by atoms with Crippen LogP contribution in [-0.4, -0.2) is 16.7 Å². The zero-order valence-corrected chi connectivity index (χ0v) is 9.99. The largest absolute Gasteiger partial charge is 0.489 e. The standard InChI is InChI=1S/C15H15NO2/c17-12-14-11-15(8-9-16-14)18-10-4-7-13-5-2-1-3-6-13/h1-9,11,17H,10,12H2. The summed E-state index contributed by atoms with van der Waals surface area (Å²) in [4.78, 5) is 3.99. The molecule has 0 radical (unpaired) electrons. The van der Waals surface area contributed by atoms with Gasteiger partial charge >= 0.3 is 0 Å². The molecule has 0 atom stereocenters. The molecule has 0 fully saturated rings. The van der Waals surface area contributed by atoms with E-state index < -0.39 is 0 Å². The lowest BCUT2D eigenvalue weighted by atomic mass is 10.2. The van der Waals surface area contributed by atoms with E-state index in [1.807, 2.05) is 42.5 Å². The lowest BCUT2D eigenvalue weighted by molar-refractivity contribution is 0.275. The maximum atomic E-state index is 8.95. The number of benzene rings is 1. The molecule has 18 heavy (non-hydrogen) atoms. The van der Waals surface area contributed by atoms with E-state index in [0.717, 1.165) is 5.56 Å². The van der Waals surface area contributed by atoms with Crippen molar-refractivity contribution in [2.75, 3.05) is 6.61 Å². The Morgan fingerprint density at radius 2 is 2.00 bits per heavy atom. The van der Waals surface area contributed by atoms with Crippen molar-refractivity contribution in [3.63, 3.8) is 0 Å². The van der Waals surface area contributed by atoms with Gasteiger partial charge < -0.3 is 9.84 Å². The quantitative estimate of drug-likeness (QED) is 0.875. The van der Waals surface area contributed by atoms with E-state index in [-0.39, 0.29) is 6.61 Å².